The molecule has 1 heterocycles. The molecule has 1 aliphatic carbocycles. The molecule has 0 aromatic carbocycles. The molecule has 1 saturated carbocycles. The van der Waals surface area contributed by atoms with Crippen LogP contribution in [-0.2, 0) is 11.3 Å². The van der Waals surface area contributed by atoms with E-state index < -0.39 is 5.38 Å². The predicted octanol–water partition coefficient (Wildman–Crippen LogP) is 1.85. The van der Waals surface area contributed by atoms with Crippen LogP contribution < -0.4 is 5.32 Å². The van der Waals surface area contributed by atoms with E-state index in [-0.39, 0.29) is 5.91 Å². The van der Waals surface area contributed by atoms with Crippen molar-refractivity contribution in [3.63, 3.8) is 0 Å². The third kappa shape index (κ3) is 2.55. The maximum atomic E-state index is 11.8. The molecule has 0 saturated heterocycles. The van der Waals surface area contributed by atoms with Gasteiger partial charge in [0.2, 0.25) is 5.91 Å². The Kier molecular flexibility index (Phi) is 3.49. The van der Waals surface area contributed by atoms with Crippen molar-refractivity contribution in [1.29, 1.82) is 0 Å². The number of carbonyl (C=O) groups excluding carboxylic acids is 1. The van der Waals surface area contributed by atoms with Gasteiger partial charge in [0, 0.05) is 12.6 Å². The topological polar surface area (TPSA) is 46.9 Å². The number of halogens is 1. The minimum Gasteiger partial charge on any atom is -0.352 e. The standard InChI is InChI=1S/C11H16ClN3O/c1-2-5-15-7-13-6-9(15)10(12)11(16)14-8-3-4-8/h6-8,10H,2-5H2,1H3,(H,14,16). The summed E-state index contributed by atoms with van der Waals surface area (Å²) in [5, 5.41) is 2.27. The van der Waals surface area contributed by atoms with Gasteiger partial charge in [0.25, 0.3) is 0 Å². The van der Waals surface area contributed by atoms with E-state index in [0.717, 1.165) is 31.5 Å². The average molecular weight is 242 g/mol. The number of amides is 1. The number of aryl methyl sites for hydroxylation is 1. The summed E-state index contributed by atoms with van der Waals surface area (Å²) in [4.78, 5) is 15.8. The zero-order valence-electron chi connectivity index (χ0n) is 9.32. The summed E-state index contributed by atoms with van der Waals surface area (Å²) in [6.07, 6.45) is 6.53. The molecule has 5 heteroatoms. The summed E-state index contributed by atoms with van der Waals surface area (Å²) in [6.45, 7) is 2.92. The summed E-state index contributed by atoms with van der Waals surface area (Å²) in [6, 6.07) is 0.344. The number of alkyl halides is 1. The molecule has 0 bridgehead atoms. The Balaban J connectivity index is 2.03. The number of nitrogens with zero attached hydrogens (tertiary/aromatic N) is 2. The Labute approximate surface area is 100.0 Å². The minimum atomic E-state index is -0.630. The number of hydrogen-bond donors (Lipinski definition) is 1. The second-order valence-corrected chi connectivity index (χ2v) is 4.59. The van der Waals surface area contributed by atoms with Gasteiger partial charge in [-0.2, -0.15) is 0 Å². The highest BCUT2D eigenvalue weighted by atomic mass is 35.5. The van der Waals surface area contributed by atoms with Gasteiger partial charge in [0.1, 0.15) is 0 Å². The first-order valence-electron chi connectivity index (χ1n) is 5.67. The average Bonchev–Trinajstić information content (AvgIpc) is 2.95. The lowest BCUT2D eigenvalue weighted by Gasteiger charge is -2.12. The molecule has 0 aliphatic heterocycles. The first-order chi connectivity index (χ1) is 7.72. The zero-order chi connectivity index (χ0) is 11.5. The van der Waals surface area contributed by atoms with Crippen molar-refractivity contribution in [2.75, 3.05) is 0 Å². The number of imidazole rings is 1. The summed E-state index contributed by atoms with van der Waals surface area (Å²) < 4.78 is 1.93. The quantitative estimate of drug-likeness (QED) is 0.800. The number of rotatable bonds is 5. The summed E-state index contributed by atoms with van der Waals surface area (Å²) in [7, 11) is 0. The van der Waals surface area contributed by atoms with Crippen molar-refractivity contribution in [2.24, 2.45) is 0 Å². The van der Waals surface area contributed by atoms with E-state index in [0.29, 0.717) is 6.04 Å². The summed E-state index contributed by atoms with van der Waals surface area (Å²) >= 11 is 6.14. The van der Waals surface area contributed by atoms with E-state index in [1.165, 1.54) is 0 Å². The number of hydrogen-bond acceptors (Lipinski definition) is 2. The monoisotopic (exact) mass is 241 g/mol. The van der Waals surface area contributed by atoms with Gasteiger partial charge in [-0.05, 0) is 19.3 Å². The van der Waals surface area contributed by atoms with Crippen LogP contribution in [0.25, 0.3) is 0 Å². The second-order valence-electron chi connectivity index (χ2n) is 4.16. The van der Waals surface area contributed by atoms with Gasteiger partial charge < -0.3 is 9.88 Å². The van der Waals surface area contributed by atoms with Crippen LogP contribution in [0.5, 0.6) is 0 Å². The van der Waals surface area contributed by atoms with Crippen LogP contribution in [0, 0.1) is 0 Å². The van der Waals surface area contributed by atoms with Crippen LogP contribution in [0.15, 0.2) is 12.5 Å². The third-order valence-electron chi connectivity index (χ3n) is 2.62. The normalized spacial score (nSPS) is 17.1. The van der Waals surface area contributed by atoms with Crippen LogP contribution in [0.3, 0.4) is 0 Å². The fourth-order valence-electron chi connectivity index (χ4n) is 1.61. The van der Waals surface area contributed by atoms with E-state index in [1.807, 2.05) is 4.57 Å². The minimum absolute atomic E-state index is 0.109. The highest BCUT2D eigenvalue weighted by Crippen LogP contribution is 2.24. The molecular weight excluding hydrogens is 226 g/mol. The van der Waals surface area contributed by atoms with Gasteiger partial charge in [-0.25, -0.2) is 4.98 Å². The second kappa shape index (κ2) is 4.87. The number of nitrogens with one attached hydrogen (secondary N) is 1. The van der Waals surface area contributed by atoms with Gasteiger partial charge in [-0.15, -0.1) is 11.6 Å². The molecule has 1 atom stereocenters. The van der Waals surface area contributed by atoms with E-state index in [2.05, 4.69) is 17.2 Å². The molecule has 16 heavy (non-hydrogen) atoms. The molecule has 1 N–H and O–H groups in total. The molecule has 0 spiro atoms. The Hall–Kier alpha value is -1.03. The lowest BCUT2D eigenvalue weighted by molar-refractivity contribution is -0.121. The van der Waals surface area contributed by atoms with Gasteiger partial charge >= 0.3 is 0 Å². The van der Waals surface area contributed by atoms with E-state index in [4.69, 9.17) is 11.6 Å². The summed E-state index contributed by atoms with van der Waals surface area (Å²) in [5.74, 6) is -0.109. The van der Waals surface area contributed by atoms with Crippen LogP contribution >= 0.6 is 11.6 Å². The van der Waals surface area contributed by atoms with E-state index in [1.54, 1.807) is 12.5 Å². The predicted molar refractivity (Wildman–Crippen MR) is 62.3 cm³/mol. The zero-order valence-corrected chi connectivity index (χ0v) is 10.1. The van der Waals surface area contributed by atoms with Crippen LogP contribution in [0.2, 0.25) is 0 Å². The van der Waals surface area contributed by atoms with Crippen molar-refractivity contribution < 1.29 is 4.79 Å². The summed E-state index contributed by atoms with van der Waals surface area (Å²) in [5.41, 5.74) is 0.779. The van der Waals surface area contributed by atoms with E-state index in [9.17, 15) is 4.79 Å². The van der Waals surface area contributed by atoms with Crippen molar-refractivity contribution in [3.8, 4) is 0 Å². The molecule has 1 aromatic heterocycles. The Morgan fingerprint density at radius 2 is 2.50 bits per heavy atom. The Bertz CT molecular complexity index is 373. The molecule has 1 aliphatic rings. The molecule has 0 radical (unpaired) electrons. The first kappa shape index (κ1) is 11.5. The highest BCUT2D eigenvalue weighted by molar-refractivity contribution is 6.30. The molecule has 1 aromatic rings. The molecule has 1 unspecified atom stereocenters. The maximum absolute atomic E-state index is 11.8. The fraction of sp³-hybridized carbons (Fsp3) is 0.636. The Morgan fingerprint density at radius 1 is 1.75 bits per heavy atom. The molecule has 2 rings (SSSR count). The van der Waals surface area contributed by atoms with Crippen LogP contribution in [-0.4, -0.2) is 21.5 Å². The maximum Gasteiger partial charge on any atom is 0.244 e. The van der Waals surface area contributed by atoms with Crippen molar-refractivity contribution in [2.45, 2.75) is 44.1 Å². The van der Waals surface area contributed by atoms with Gasteiger partial charge in [0.05, 0.1) is 18.2 Å². The number of aromatic nitrogens is 2. The highest BCUT2D eigenvalue weighted by Gasteiger charge is 2.28. The third-order valence-corrected chi connectivity index (χ3v) is 3.04. The first-order valence-corrected chi connectivity index (χ1v) is 6.10. The van der Waals surface area contributed by atoms with Crippen molar-refractivity contribution in [3.05, 3.63) is 18.2 Å². The Morgan fingerprint density at radius 3 is 3.12 bits per heavy atom. The molecular formula is C11H16ClN3O. The molecule has 1 fully saturated rings. The van der Waals surface area contributed by atoms with E-state index >= 15 is 0 Å². The number of carbonyl (C=O) groups is 1. The fourth-order valence-corrected chi connectivity index (χ4v) is 1.85. The van der Waals surface area contributed by atoms with Crippen molar-refractivity contribution >= 4 is 17.5 Å². The lowest BCUT2D eigenvalue weighted by atomic mass is 10.3. The molecule has 4 nitrogen and oxygen atoms in total. The van der Waals surface area contributed by atoms with Gasteiger partial charge in [-0.3, -0.25) is 4.79 Å². The van der Waals surface area contributed by atoms with Gasteiger partial charge in [0.15, 0.2) is 5.38 Å². The smallest absolute Gasteiger partial charge is 0.244 e. The lowest BCUT2D eigenvalue weighted by Crippen LogP contribution is -2.29. The molecule has 1 amide bonds. The van der Waals surface area contributed by atoms with Gasteiger partial charge in [-0.1, -0.05) is 6.92 Å². The van der Waals surface area contributed by atoms with Crippen LogP contribution in [0.1, 0.15) is 37.3 Å². The molecule has 88 valence electrons. The SMILES string of the molecule is CCCn1cncc1C(Cl)C(=O)NC1CC1. The van der Waals surface area contributed by atoms with Crippen LogP contribution in [0.4, 0.5) is 0 Å². The largest absolute Gasteiger partial charge is 0.352 e. The van der Waals surface area contributed by atoms with Crippen molar-refractivity contribution in [1.82, 2.24) is 14.9 Å².